The highest BCUT2D eigenvalue weighted by atomic mass is 32.2. The fourth-order valence-corrected chi connectivity index (χ4v) is 3.77. The monoisotopic (exact) mass is 375 g/mol. The van der Waals surface area contributed by atoms with Gasteiger partial charge in [0.05, 0.1) is 22.9 Å². The molecular weight excluding hydrogens is 359 g/mol. The van der Waals surface area contributed by atoms with Crippen molar-refractivity contribution in [1.82, 2.24) is 0 Å². The molecule has 0 radical (unpaired) electrons. The minimum atomic E-state index is -4.38. The third-order valence-corrected chi connectivity index (χ3v) is 5.39. The van der Waals surface area contributed by atoms with E-state index in [1.54, 1.807) is 42.1 Å². The molecule has 1 unspecified atom stereocenters. The molecule has 1 fully saturated rings. The van der Waals surface area contributed by atoms with Crippen LogP contribution in [0.25, 0.3) is 0 Å². The van der Waals surface area contributed by atoms with Gasteiger partial charge in [-0.1, -0.05) is 24.8 Å². The zero-order chi connectivity index (χ0) is 18.7. The minimum absolute atomic E-state index is 0.265. The molecule has 1 aliphatic rings. The summed E-state index contributed by atoms with van der Waals surface area (Å²) in [7, 11) is 0. The van der Waals surface area contributed by atoms with Crippen LogP contribution in [0.2, 0.25) is 0 Å². The first kappa shape index (κ1) is 18.3. The van der Waals surface area contributed by atoms with Crippen LogP contribution in [-0.4, -0.2) is 17.0 Å². The minimum Gasteiger partial charge on any atom is -0.320 e. The van der Waals surface area contributed by atoms with Crippen LogP contribution in [0.1, 0.15) is 24.5 Å². The maximum absolute atomic E-state index is 13.0. The number of benzene rings is 2. The zero-order valence-electron chi connectivity index (χ0n) is 14.0. The number of nitriles is 1. The van der Waals surface area contributed by atoms with Crippen molar-refractivity contribution in [2.75, 3.05) is 11.4 Å². The molecular formula is C19H16F3N3S. The highest BCUT2D eigenvalue weighted by molar-refractivity contribution is 8.15. The molecule has 0 N–H and O–H groups in total. The summed E-state index contributed by atoms with van der Waals surface area (Å²) in [5, 5.41) is 9.80. The van der Waals surface area contributed by atoms with E-state index in [4.69, 9.17) is 5.26 Å². The molecule has 0 spiro atoms. The zero-order valence-corrected chi connectivity index (χ0v) is 14.8. The van der Waals surface area contributed by atoms with Gasteiger partial charge >= 0.3 is 6.18 Å². The van der Waals surface area contributed by atoms with Crippen molar-refractivity contribution < 1.29 is 13.2 Å². The molecule has 0 amide bonds. The van der Waals surface area contributed by atoms with Crippen molar-refractivity contribution in [3.63, 3.8) is 0 Å². The van der Waals surface area contributed by atoms with Gasteiger partial charge in [0.1, 0.15) is 0 Å². The predicted octanol–water partition coefficient (Wildman–Crippen LogP) is 5.60. The molecule has 3 rings (SSSR count). The second kappa shape index (κ2) is 7.42. The van der Waals surface area contributed by atoms with Crippen LogP contribution in [0.4, 0.5) is 24.5 Å². The van der Waals surface area contributed by atoms with Crippen molar-refractivity contribution >= 4 is 28.3 Å². The summed E-state index contributed by atoms with van der Waals surface area (Å²) in [6.45, 7) is 2.66. The lowest BCUT2D eigenvalue weighted by Crippen LogP contribution is -2.25. The van der Waals surface area contributed by atoms with Crippen LogP contribution in [0, 0.1) is 11.3 Å². The number of thioether (sulfide) groups is 1. The Morgan fingerprint density at radius 3 is 2.58 bits per heavy atom. The third-order valence-electron chi connectivity index (χ3n) is 4.05. The van der Waals surface area contributed by atoms with Gasteiger partial charge in [-0.2, -0.15) is 18.4 Å². The molecule has 1 atom stereocenters. The number of hydrogen-bond acceptors (Lipinski definition) is 3. The van der Waals surface area contributed by atoms with E-state index in [-0.39, 0.29) is 5.25 Å². The van der Waals surface area contributed by atoms with Gasteiger partial charge in [0, 0.05) is 17.5 Å². The second-order valence-electron chi connectivity index (χ2n) is 5.86. The van der Waals surface area contributed by atoms with E-state index in [0.717, 1.165) is 18.6 Å². The number of nitrogens with zero attached hydrogens (tertiary/aromatic N) is 3. The van der Waals surface area contributed by atoms with E-state index in [9.17, 15) is 13.2 Å². The molecule has 0 aromatic heterocycles. The summed E-state index contributed by atoms with van der Waals surface area (Å²) in [4.78, 5) is 6.42. The Hall–Kier alpha value is -2.46. The van der Waals surface area contributed by atoms with Gasteiger partial charge in [0.25, 0.3) is 0 Å². The van der Waals surface area contributed by atoms with Gasteiger partial charge < -0.3 is 4.90 Å². The molecule has 7 heteroatoms. The molecule has 1 heterocycles. The van der Waals surface area contributed by atoms with Crippen LogP contribution in [0.15, 0.2) is 53.5 Å². The number of rotatable bonds is 3. The van der Waals surface area contributed by atoms with Gasteiger partial charge in [0.15, 0.2) is 5.17 Å². The highest BCUT2D eigenvalue weighted by Gasteiger charge is 2.33. The molecule has 26 heavy (non-hydrogen) atoms. The average molecular weight is 375 g/mol. The Balaban J connectivity index is 1.95. The van der Waals surface area contributed by atoms with Crippen LogP contribution >= 0.6 is 11.8 Å². The van der Waals surface area contributed by atoms with Crippen molar-refractivity contribution in [1.29, 1.82) is 5.26 Å². The van der Waals surface area contributed by atoms with E-state index >= 15 is 0 Å². The van der Waals surface area contributed by atoms with E-state index < -0.39 is 11.7 Å². The van der Waals surface area contributed by atoms with E-state index in [2.05, 4.69) is 4.99 Å². The molecule has 2 aromatic carbocycles. The maximum atomic E-state index is 13.0. The quantitative estimate of drug-likeness (QED) is 0.701. The summed E-state index contributed by atoms with van der Waals surface area (Å²) < 4.78 is 39.1. The largest absolute Gasteiger partial charge is 0.416 e. The molecule has 0 bridgehead atoms. The molecule has 134 valence electrons. The summed E-state index contributed by atoms with van der Waals surface area (Å²) in [6.07, 6.45) is -3.48. The van der Waals surface area contributed by atoms with E-state index in [1.807, 2.05) is 17.9 Å². The summed E-state index contributed by atoms with van der Waals surface area (Å²) in [5.41, 5.74) is 1.02. The Bertz CT molecular complexity index is 854. The molecule has 3 nitrogen and oxygen atoms in total. The van der Waals surface area contributed by atoms with Crippen LogP contribution in [0.3, 0.4) is 0 Å². The standard InChI is InChI=1S/C19H16F3N3S/c1-2-17-12-25(16-5-3-4-14(10-16)19(20,21)22)18(26-17)24-15-8-6-13(11-23)7-9-15/h3-10,17H,2,12H2,1H3. The van der Waals surface area contributed by atoms with Gasteiger partial charge in [-0.05, 0) is 48.9 Å². The molecule has 1 aliphatic heterocycles. The number of alkyl halides is 3. The normalized spacial score (nSPS) is 19.0. The van der Waals surface area contributed by atoms with Crippen LogP contribution in [-0.2, 0) is 6.18 Å². The molecule has 0 saturated carbocycles. The van der Waals surface area contributed by atoms with Crippen LogP contribution in [0.5, 0.6) is 0 Å². The van der Waals surface area contributed by atoms with Crippen molar-refractivity contribution in [3.05, 3.63) is 59.7 Å². The average Bonchev–Trinajstić information content (AvgIpc) is 3.05. The van der Waals surface area contributed by atoms with Crippen molar-refractivity contribution in [2.45, 2.75) is 24.8 Å². The predicted molar refractivity (Wildman–Crippen MR) is 98.7 cm³/mol. The first-order chi connectivity index (χ1) is 12.4. The van der Waals surface area contributed by atoms with E-state index in [1.165, 1.54) is 6.07 Å². The van der Waals surface area contributed by atoms with E-state index in [0.29, 0.717) is 28.7 Å². The van der Waals surface area contributed by atoms with Crippen LogP contribution < -0.4 is 4.90 Å². The maximum Gasteiger partial charge on any atom is 0.416 e. The lowest BCUT2D eigenvalue weighted by Gasteiger charge is -2.20. The van der Waals surface area contributed by atoms with Crippen molar-refractivity contribution in [2.24, 2.45) is 4.99 Å². The summed E-state index contributed by atoms with van der Waals surface area (Å²) in [6, 6.07) is 14.2. The van der Waals surface area contributed by atoms with Gasteiger partial charge in [0.2, 0.25) is 0 Å². The number of anilines is 1. The summed E-state index contributed by atoms with van der Waals surface area (Å²) in [5.74, 6) is 0. The SMILES string of the molecule is CCC1CN(c2cccc(C(F)(F)F)c2)C(=Nc2ccc(C#N)cc2)S1. The first-order valence-corrected chi connectivity index (χ1v) is 8.99. The first-order valence-electron chi connectivity index (χ1n) is 8.11. The smallest absolute Gasteiger partial charge is 0.320 e. The highest BCUT2D eigenvalue weighted by Crippen LogP contribution is 2.37. The Morgan fingerprint density at radius 2 is 1.96 bits per heavy atom. The topological polar surface area (TPSA) is 39.4 Å². The number of hydrogen-bond donors (Lipinski definition) is 0. The van der Waals surface area contributed by atoms with Gasteiger partial charge in [-0.25, -0.2) is 4.99 Å². The third kappa shape index (κ3) is 4.02. The Morgan fingerprint density at radius 1 is 1.23 bits per heavy atom. The lowest BCUT2D eigenvalue weighted by molar-refractivity contribution is -0.137. The van der Waals surface area contributed by atoms with Gasteiger partial charge in [-0.3, -0.25) is 0 Å². The fraction of sp³-hybridized carbons (Fsp3) is 0.263. The molecule has 0 aliphatic carbocycles. The van der Waals surface area contributed by atoms with Gasteiger partial charge in [-0.15, -0.1) is 0 Å². The van der Waals surface area contributed by atoms with Crippen molar-refractivity contribution in [3.8, 4) is 6.07 Å². The lowest BCUT2D eigenvalue weighted by atomic mass is 10.1. The number of amidine groups is 1. The number of aliphatic imine (C=N–C) groups is 1. The fourth-order valence-electron chi connectivity index (χ4n) is 2.62. The second-order valence-corrected chi connectivity index (χ2v) is 7.13. The molecule has 2 aromatic rings. The Labute approximate surface area is 154 Å². The summed E-state index contributed by atoms with van der Waals surface area (Å²) >= 11 is 1.56. The number of halogens is 3. The molecule has 1 saturated heterocycles. The Kier molecular flexibility index (Phi) is 5.23.